The lowest BCUT2D eigenvalue weighted by atomic mass is 10.0. The predicted molar refractivity (Wildman–Crippen MR) is 142 cm³/mol. The Balaban J connectivity index is 1.49. The van der Waals surface area contributed by atoms with E-state index in [4.69, 9.17) is 0 Å². The van der Waals surface area contributed by atoms with Gasteiger partial charge >= 0.3 is 0 Å². The normalized spacial score (nSPS) is 12.2. The van der Waals surface area contributed by atoms with Gasteiger partial charge in [0, 0.05) is 35.7 Å². The average molecular weight is 526 g/mol. The van der Waals surface area contributed by atoms with Gasteiger partial charge in [-0.25, -0.2) is 24.0 Å². The summed E-state index contributed by atoms with van der Waals surface area (Å²) in [6, 6.07) is 14.6. The van der Waals surface area contributed by atoms with E-state index in [9.17, 15) is 19.6 Å². The lowest BCUT2D eigenvalue weighted by Gasteiger charge is -2.22. The minimum Gasteiger partial charge on any atom is -0.387 e. The fraction of sp³-hybridized carbons (Fsp3) is 0.185. The largest absolute Gasteiger partial charge is 0.387 e. The first-order valence-corrected chi connectivity index (χ1v) is 12.0. The van der Waals surface area contributed by atoms with E-state index >= 15 is 0 Å². The molecule has 1 atom stereocenters. The number of carbonyl (C=O) groups excluding carboxylic acids is 1. The molecule has 0 saturated heterocycles. The number of nitrogens with zero attached hydrogens (tertiary/aromatic N) is 7. The molecular weight excluding hydrogens is 501 g/mol. The molecule has 0 saturated carbocycles. The van der Waals surface area contributed by atoms with E-state index in [0.717, 1.165) is 11.1 Å². The van der Waals surface area contributed by atoms with Crippen LogP contribution in [0.4, 0.5) is 15.8 Å². The van der Waals surface area contributed by atoms with Gasteiger partial charge in [0.1, 0.15) is 36.4 Å². The lowest BCUT2D eigenvalue weighted by Crippen LogP contribution is -2.42. The van der Waals surface area contributed by atoms with E-state index in [1.54, 1.807) is 33.9 Å². The standard InChI is InChI=1S/C27H24FN9O2/c1-27(2,39)23(28)14-33-26(38)21-13-31-24(36-8-7-18-9-17(11-29)12-32-25(18)36)10-22(21)35-19-3-5-20(6-4-19)37-16-30-15-34-37/h3-10,12-13,15-16,23,39H,14H2,1-2H3,(H,31,35)(H,33,38)/t23-/m1/s1. The van der Waals surface area contributed by atoms with Crippen molar-refractivity contribution in [1.29, 1.82) is 5.26 Å². The fourth-order valence-electron chi connectivity index (χ4n) is 3.85. The Morgan fingerprint density at radius 3 is 2.67 bits per heavy atom. The molecule has 0 fully saturated rings. The second-order valence-corrected chi connectivity index (χ2v) is 9.37. The monoisotopic (exact) mass is 525 g/mol. The maximum absolute atomic E-state index is 14.3. The molecule has 4 heterocycles. The number of nitrogens with one attached hydrogen (secondary N) is 2. The van der Waals surface area contributed by atoms with Crippen LogP contribution in [0.1, 0.15) is 29.8 Å². The van der Waals surface area contributed by atoms with Crippen molar-refractivity contribution in [3.05, 3.63) is 84.8 Å². The van der Waals surface area contributed by atoms with Crippen molar-refractivity contribution in [3.63, 3.8) is 0 Å². The number of pyridine rings is 2. The molecule has 196 valence electrons. The molecule has 5 aromatic rings. The molecule has 5 rings (SSSR count). The molecule has 1 amide bonds. The van der Waals surface area contributed by atoms with Crippen molar-refractivity contribution in [2.45, 2.75) is 25.6 Å². The molecule has 0 spiro atoms. The summed E-state index contributed by atoms with van der Waals surface area (Å²) in [7, 11) is 0. The molecule has 0 aliphatic rings. The van der Waals surface area contributed by atoms with Gasteiger partial charge in [-0.05, 0) is 50.2 Å². The molecule has 1 aromatic carbocycles. The molecule has 0 unspecified atom stereocenters. The number of rotatable bonds is 8. The van der Waals surface area contributed by atoms with Gasteiger partial charge in [0.15, 0.2) is 0 Å². The van der Waals surface area contributed by atoms with Gasteiger partial charge in [0.25, 0.3) is 5.91 Å². The second kappa shape index (κ2) is 10.3. The Kier molecular flexibility index (Phi) is 6.74. The summed E-state index contributed by atoms with van der Waals surface area (Å²) >= 11 is 0. The Morgan fingerprint density at radius 2 is 1.97 bits per heavy atom. The molecule has 0 aliphatic carbocycles. The minimum absolute atomic E-state index is 0.179. The van der Waals surface area contributed by atoms with Crippen molar-refractivity contribution < 1.29 is 14.3 Å². The number of amides is 1. The Labute approximate surface area is 222 Å². The lowest BCUT2D eigenvalue weighted by molar-refractivity contribution is -0.00177. The highest BCUT2D eigenvalue weighted by Crippen LogP contribution is 2.26. The van der Waals surface area contributed by atoms with Crippen LogP contribution in [0.5, 0.6) is 0 Å². The van der Waals surface area contributed by atoms with Gasteiger partial charge < -0.3 is 15.7 Å². The molecule has 0 radical (unpaired) electrons. The quantitative estimate of drug-likeness (QED) is 0.279. The number of aromatic nitrogens is 6. The van der Waals surface area contributed by atoms with Gasteiger partial charge in [-0.1, -0.05) is 0 Å². The number of hydrogen-bond acceptors (Lipinski definition) is 8. The molecule has 12 heteroatoms. The van der Waals surface area contributed by atoms with Crippen LogP contribution in [0, 0.1) is 11.3 Å². The third kappa shape index (κ3) is 5.43. The van der Waals surface area contributed by atoms with Crippen LogP contribution in [0.15, 0.2) is 73.7 Å². The predicted octanol–water partition coefficient (Wildman–Crippen LogP) is 3.46. The first-order chi connectivity index (χ1) is 18.7. The molecule has 0 bridgehead atoms. The summed E-state index contributed by atoms with van der Waals surface area (Å²) in [5.74, 6) is -0.0859. The summed E-state index contributed by atoms with van der Waals surface area (Å²) in [6.07, 6.45) is 6.01. The van der Waals surface area contributed by atoms with Gasteiger partial charge in [0.05, 0.1) is 34.6 Å². The molecule has 4 aromatic heterocycles. The maximum atomic E-state index is 14.3. The Hall–Kier alpha value is -5.15. The van der Waals surface area contributed by atoms with Crippen LogP contribution in [0.2, 0.25) is 0 Å². The summed E-state index contributed by atoms with van der Waals surface area (Å²) in [5, 5.41) is 29.7. The van der Waals surface area contributed by atoms with Crippen LogP contribution < -0.4 is 10.6 Å². The van der Waals surface area contributed by atoms with Crippen LogP contribution in [-0.2, 0) is 0 Å². The van der Waals surface area contributed by atoms with Crippen molar-refractivity contribution in [3.8, 4) is 17.6 Å². The highest BCUT2D eigenvalue weighted by Gasteiger charge is 2.27. The Bertz CT molecular complexity index is 1670. The van der Waals surface area contributed by atoms with E-state index in [2.05, 4.69) is 36.8 Å². The zero-order valence-electron chi connectivity index (χ0n) is 21.1. The van der Waals surface area contributed by atoms with Gasteiger partial charge in [-0.3, -0.25) is 9.36 Å². The van der Waals surface area contributed by atoms with Crippen molar-refractivity contribution >= 4 is 28.3 Å². The second-order valence-electron chi connectivity index (χ2n) is 9.37. The molecule has 11 nitrogen and oxygen atoms in total. The topological polar surface area (TPSA) is 147 Å². The summed E-state index contributed by atoms with van der Waals surface area (Å²) in [6.45, 7) is 2.31. The molecule has 3 N–H and O–H groups in total. The number of carbonyl (C=O) groups is 1. The Morgan fingerprint density at radius 1 is 1.18 bits per heavy atom. The smallest absolute Gasteiger partial charge is 0.255 e. The number of aliphatic hydroxyl groups is 1. The zero-order chi connectivity index (χ0) is 27.6. The zero-order valence-corrected chi connectivity index (χ0v) is 21.1. The van der Waals surface area contributed by atoms with E-state index in [0.29, 0.717) is 28.4 Å². The number of nitriles is 1. The highest BCUT2D eigenvalue weighted by molar-refractivity contribution is 6.00. The third-order valence-corrected chi connectivity index (χ3v) is 6.07. The number of hydrogen-bond donors (Lipinski definition) is 3. The van der Waals surface area contributed by atoms with Crippen molar-refractivity contribution in [1.82, 2.24) is 34.6 Å². The summed E-state index contributed by atoms with van der Waals surface area (Å²) < 4.78 is 17.7. The number of benzene rings is 1. The number of fused-ring (bicyclic) bond motifs is 1. The summed E-state index contributed by atoms with van der Waals surface area (Å²) in [4.78, 5) is 25.9. The summed E-state index contributed by atoms with van der Waals surface area (Å²) in [5.41, 5.74) is 1.50. The molecule has 0 aliphatic heterocycles. The highest BCUT2D eigenvalue weighted by atomic mass is 19.1. The number of halogens is 1. The van der Waals surface area contributed by atoms with Gasteiger partial charge in [-0.2, -0.15) is 10.4 Å². The SMILES string of the molecule is CC(C)(O)[C@H](F)CNC(=O)c1cnc(-n2ccc3cc(C#N)cnc32)cc1Nc1ccc(-n2cncn2)cc1. The molecule has 39 heavy (non-hydrogen) atoms. The van der Waals surface area contributed by atoms with E-state index in [1.807, 2.05) is 30.3 Å². The van der Waals surface area contributed by atoms with Crippen molar-refractivity contribution in [2.24, 2.45) is 0 Å². The first-order valence-electron chi connectivity index (χ1n) is 12.0. The van der Waals surface area contributed by atoms with Crippen molar-refractivity contribution in [2.75, 3.05) is 11.9 Å². The molecular formula is C27H24FN9O2. The number of alkyl halides is 1. The number of anilines is 2. The van der Waals surface area contributed by atoms with Crippen LogP contribution in [-0.4, -0.2) is 58.6 Å². The van der Waals surface area contributed by atoms with E-state index in [-0.39, 0.29) is 12.1 Å². The van der Waals surface area contributed by atoms with Gasteiger partial charge in [0.2, 0.25) is 0 Å². The first kappa shape index (κ1) is 25.5. The van der Waals surface area contributed by atoms with E-state index < -0.39 is 17.7 Å². The van der Waals surface area contributed by atoms with Crippen LogP contribution in [0.3, 0.4) is 0 Å². The van der Waals surface area contributed by atoms with E-state index in [1.165, 1.54) is 32.6 Å². The fourth-order valence-corrected chi connectivity index (χ4v) is 3.85. The van der Waals surface area contributed by atoms with Crippen LogP contribution >= 0.6 is 0 Å². The average Bonchev–Trinajstić information content (AvgIpc) is 3.61. The maximum Gasteiger partial charge on any atom is 0.255 e. The minimum atomic E-state index is -1.66. The van der Waals surface area contributed by atoms with Crippen LogP contribution in [0.25, 0.3) is 22.5 Å². The third-order valence-electron chi connectivity index (χ3n) is 6.07. The van der Waals surface area contributed by atoms with Gasteiger partial charge in [-0.15, -0.1) is 0 Å².